The zero-order chi connectivity index (χ0) is 13.8. The lowest BCUT2D eigenvalue weighted by Gasteiger charge is -2.04. The molecule has 0 fully saturated rings. The number of hydrogen-bond donors (Lipinski definition) is 1. The van der Waals surface area contributed by atoms with Crippen LogP contribution in [0.4, 0.5) is 0 Å². The van der Waals surface area contributed by atoms with E-state index in [0.717, 1.165) is 11.1 Å². The van der Waals surface area contributed by atoms with Crippen molar-refractivity contribution in [2.75, 3.05) is 13.7 Å². The second-order valence-corrected chi connectivity index (χ2v) is 4.50. The number of hydrogen-bond acceptors (Lipinski definition) is 6. The van der Waals surface area contributed by atoms with Crippen LogP contribution in [-0.4, -0.2) is 40.1 Å². The molecular weight excluding hydrogens is 246 g/mol. The molecule has 0 aromatic carbocycles. The van der Waals surface area contributed by atoms with Crippen molar-refractivity contribution >= 4 is 0 Å². The van der Waals surface area contributed by atoms with Crippen LogP contribution in [0.25, 0.3) is 11.5 Å². The Morgan fingerprint density at radius 1 is 1.42 bits per heavy atom. The van der Waals surface area contributed by atoms with Crippen LogP contribution in [0.1, 0.15) is 17.0 Å². The van der Waals surface area contributed by atoms with Crippen molar-refractivity contribution in [1.82, 2.24) is 15.1 Å². The van der Waals surface area contributed by atoms with Crippen LogP contribution < -0.4 is 0 Å². The lowest BCUT2D eigenvalue weighted by Crippen LogP contribution is -2.17. The van der Waals surface area contributed by atoms with Crippen LogP contribution in [-0.2, 0) is 11.2 Å². The van der Waals surface area contributed by atoms with Crippen LogP contribution in [0.15, 0.2) is 16.8 Å². The molecule has 2 aromatic rings. The molecule has 0 saturated heterocycles. The van der Waals surface area contributed by atoms with Crippen molar-refractivity contribution in [3.05, 3.63) is 29.3 Å². The highest BCUT2D eigenvalue weighted by Crippen LogP contribution is 2.18. The number of aryl methyl sites for hydroxylation is 2. The lowest BCUT2D eigenvalue weighted by molar-refractivity contribution is 0.0599. The van der Waals surface area contributed by atoms with Gasteiger partial charge in [-0.05, 0) is 25.0 Å². The van der Waals surface area contributed by atoms with Gasteiger partial charge < -0.3 is 14.4 Å². The second-order valence-electron chi connectivity index (χ2n) is 4.50. The largest absolute Gasteiger partial charge is 0.390 e. The maximum atomic E-state index is 9.61. The zero-order valence-electron chi connectivity index (χ0n) is 11.3. The standard InChI is InChI=1S/C13H17N3O3/c1-8-4-9(2)12(14-6-8)13-15-11(19-16-13)5-10(17)7-18-3/h4,6,10,17H,5,7H2,1-3H3. The molecule has 102 valence electrons. The van der Waals surface area contributed by atoms with E-state index in [2.05, 4.69) is 15.1 Å². The summed E-state index contributed by atoms with van der Waals surface area (Å²) in [5, 5.41) is 13.5. The van der Waals surface area contributed by atoms with Gasteiger partial charge in [-0.2, -0.15) is 4.98 Å². The first-order chi connectivity index (χ1) is 9.10. The molecule has 0 saturated carbocycles. The maximum absolute atomic E-state index is 9.61. The van der Waals surface area contributed by atoms with Gasteiger partial charge in [0.2, 0.25) is 11.7 Å². The summed E-state index contributed by atoms with van der Waals surface area (Å²) < 4.78 is 9.95. The zero-order valence-corrected chi connectivity index (χ0v) is 11.3. The summed E-state index contributed by atoms with van der Waals surface area (Å²) in [6, 6.07) is 2.01. The minimum atomic E-state index is -0.648. The van der Waals surface area contributed by atoms with Gasteiger partial charge in [-0.15, -0.1) is 0 Å². The molecule has 6 nitrogen and oxygen atoms in total. The predicted molar refractivity (Wildman–Crippen MR) is 68.6 cm³/mol. The van der Waals surface area contributed by atoms with Gasteiger partial charge >= 0.3 is 0 Å². The molecule has 2 heterocycles. The highest BCUT2D eigenvalue weighted by molar-refractivity contribution is 5.53. The van der Waals surface area contributed by atoms with E-state index in [4.69, 9.17) is 9.26 Å². The van der Waals surface area contributed by atoms with Crippen molar-refractivity contribution in [1.29, 1.82) is 0 Å². The molecule has 0 bridgehead atoms. The Bertz CT molecular complexity index is 554. The second kappa shape index (κ2) is 5.90. The fraction of sp³-hybridized carbons (Fsp3) is 0.462. The number of methoxy groups -OCH3 is 1. The summed E-state index contributed by atoms with van der Waals surface area (Å²) in [6.07, 6.45) is 1.38. The molecule has 0 aliphatic carbocycles. The average molecular weight is 263 g/mol. The molecule has 1 unspecified atom stereocenters. The van der Waals surface area contributed by atoms with Gasteiger partial charge in [0.05, 0.1) is 19.1 Å². The Morgan fingerprint density at radius 2 is 2.21 bits per heavy atom. The fourth-order valence-corrected chi connectivity index (χ4v) is 1.84. The lowest BCUT2D eigenvalue weighted by atomic mass is 10.1. The van der Waals surface area contributed by atoms with E-state index in [1.54, 1.807) is 6.20 Å². The monoisotopic (exact) mass is 263 g/mol. The normalized spacial score (nSPS) is 12.6. The van der Waals surface area contributed by atoms with E-state index < -0.39 is 6.10 Å². The molecule has 1 atom stereocenters. The third-order valence-electron chi connectivity index (χ3n) is 2.66. The first-order valence-electron chi connectivity index (χ1n) is 6.03. The van der Waals surface area contributed by atoms with Crippen molar-refractivity contribution in [3.63, 3.8) is 0 Å². The number of aliphatic hydroxyl groups is 1. The molecule has 2 rings (SSSR count). The maximum Gasteiger partial charge on any atom is 0.229 e. The van der Waals surface area contributed by atoms with Gasteiger partial charge in [0.25, 0.3) is 0 Å². The predicted octanol–water partition coefficient (Wildman–Crippen LogP) is 1.30. The summed E-state index contributed by atoms with van der Waals surface area (Å²) in [5.74, 6) is 0.818. The summed E-state index contributed by atoms with van der Waals surface area (Å²) in [7, 11) is 1.53. The number of nitrogens with zero attached hydrogens (tertiary/aromatic N) is 3. The van der Waals surface area contributed by atoms with Gasteiger partial charge in [0.15, 0.2) is 0 Å². The SMILES string of the molecule is COCC(O)Cc1nc(-c2ncc(C)cc2C)no1. The van der Waals surface area contributed by atoms with Crippen molar-refractivity contribution < 1.29 is 14.4 Å². The molecular formula is C13H17N3O3. The van der Waals surface area contributed by atoms with Gasteiger partial charge in [-0.1, -0.05) is 11.2 Å². The quantitative estimate of drug-likeness (QED) is 0.875. The molecule has 0 aliphatic heterocycles. The average Bonchev–Trinajstić information content (AvgIpc) is 2.77. The molecule has 2 aromatic heterocycles. The minimum Gasteiger partial charge on any atom is -0.390 e. The highest BCUT2D eigenvalue weighted by Gasteiger charge is 2.15. The molecule has 0 spiro atoms. The Balaban J connectivity index is 2.16. The summed E-state index contributed by atoms with van der Waals surface area (Å²) in [6.45, 7) is 4.16. The number of pyridine rings is 1. The Morgan fingerprint density at radius 3 is 2.89 bits per heavy atom. The molecule has 0 aliphatic rings. The van der Waals surface area contributed by atoms with Crippen LogP contribution in [0, 0.1) is 13.8 Å². The van der Waals surface area contributed by atoms with Gasteiger partial charge in [-0.25, -0.2) is 0 Å². The van der Waals surface area contributed by atoms with Crippen LogP contribution in [0.3, 0.4) is 0 Å². The molecule has 1 N–H and O–H groups in total. The van der Waals surface area contributed by atoms with Crippen LogP contribution in [0.2, 0.25) is 0 Å². The number of aromatic nitrogens is 3. The van der Waals surface area contributed by atoms with Crippen molar-refractivity contribution in [3.8, 4) is 11.5 Å². The molecule has 19 heavy (non-hydrogen) atoms. The van der Waals surface area contributed by atoms with Crippen LogP contribution in [0.5, 0.6) is 0 Å². The van der Waals surface area contributed by atoms with Crippen molar-refractivity contribution in [2.45, 2.75) is 26.4 Å². The molecule has 0 amide bonds. The smallest absolute Gasteiger partial charge is 0.229 e. The fourth-order valence-electron chi connectivity index (χ4n) is 1.84. The Kier molecular flexibility index (Phi) is 4.24. The first-order valence-corrected chi connectivity index (χ1v) is 6.03. The van der Waals surface area contributed by atoms with E-state index in [-0.39, 0.29) is 13.0 Å². The summed E-state index contributed by atoms with van der Waals surface area (Å²) in [4.78, 5) is 8.54. The number of aliphatic hydroxyl groups excluding tert-OH is 1. The minimum absolute atomic E-state index is 0.236. The first kappa shape index (κ1) is 13.6. The molecule has 6 heteroatoms. The topological polar surface area (TPSA) is 81.3 Å². The Hall–Kier alpha value is -1.79. The van der Waals surface area contributed by atoms with E-state index in [1.165, 1.54) is 7.11 Å². The molecule has 0 radical (unpaired) electrons. The van der Waals surface area contributed by atoms with Gasteiger partial charge in [-0.3, -0.25) is 4.98 Å². The summed E-state index contributed by atoms with van der Waals surface area (Å²) >= 11 is 0. The van der Waals surface area contributed by atoms with Crippen LogP contribution >= 0.6 is 0 Å². The number of rotatable bonds is 5. The van der Waals surface area contributed by atoms with E-state index >= 15 is 0 Å². The number of ether oxygens (including phenoxy) is 1. The van der Waals surface area contributed by atoms with Crippen molar-refractivity contribution in [2.24, 2.45) is 0 Å². The third kappa shape index (κ3) is 3.36. The summed E-state index contributed by atoms with van der Waals surface area (Å²) in [5.41, 5.74) is 2.77. The van der Waals surface area contributed by atoms with Gasteiger partial charge in [0, 0.05) is 13.3 Å². The highest BCUT2D eigenvalue weighted by atomic mass is 16.5. The van der Waals surface area contributed by atoms with E-state index in [9.17, 15) is 5.11 Å². The third-order valence-corrected chi connectivity index (χ3v) is 2.66. The van der Waals surface area contributed by atoms with Gasteiger partial charge in [0.1, 0.15) is 5.69 Å². The van der Waals surface area contributed by atoms with E-state index in [1.807, 2.05) is 19.9 Å². The Labute approximate surface area is 111 Å². The van der Waals surface area contributed by atoms with E-state index in [0.29, 0.717) is 17.4 Å².